The maximum atomic E-state index is 11.5. The van der Waals surface area contributed by atoms with Crippen molar-refractivity contribution in [2.45, 2.75) is 26.9 Å². The normalized spacial score (nSPS) is 10.3. The van der Waals surface area contributed by atoms with Crippen LogP contribution in [0.1, 0.15) is 22.9 Å². The van der Waals surface area contributed by atoms with Crippen molar-refractivity contribution < 1.29 is 13.9 Å². The Balaban J connectivity index is 1.69. The van der Waals surface area contributed by atoms with Gasteiger partial charge < -0.3 is 14.5 Å². The van der Waals surface area contributed by atoms with Crippen LogP contribution in [0, 0.1) is 13.8 Å². The Morgan fingerprint density at radius 3 is 2.70 bits per heavy atom. The number of aromatic nitrogens is 1. The lowest BCUT2D eigenvalue weighted by atomic mass is 10.2. The summed E-state index contributed by atoms with van der Waals surface area (Å²) in [4.78, 5) is 15.7. The molecular weight excluding hydrogens is 256 g/mol. The van der Waals surface area contributed by atoms with E-state index in [4.69, 9.17) is 9.15 Å². The van der Waals surface area contributed by atoms with E-state index in [2.05, 4.69) is 10.3 Å². The molecule has 0 radical (unpaired) electrons. The van der Waals surface area contributed by atoms with Gasteiger partial charge >= 0.3 is 6.09 Å². The lowest BCUT2D eigenvalue weighted by molar-refractivity contribution is 0.139. The average Bonchev–Trinajstić information content (AvgIpc) is 2.76. The molecule has 0 aliphatic rings. The van der Waals surface area contributed by atoms with Crippen LogP contribution in [0.3, 0.4) is 0 Å². The zero-order chi connectivity index (χ0) is 14.4. The Bertz CT molecular complexity index is 564. The molecule has 5 heteroatoms. The quantitative estimate of drug-likeness (QED) is 0.910. The number of carbonyl (C=O) groups is 1. The summed E-state index contributed by atoms with van der Waals surface area (Å²) < 4.78 is 10.5. The summed E-state index contributed by atoms with van der Waals surface area (Å²) in [6.07, 6.45) is 0.176. The Morgan fingerprint density at radius 1 is 1.30 bits per heavy atom. The molecule has 1 N–H and O–H groups in total. The highest BCUT2D eigenvalue weighted by Gasteiger charge is 2.07. The summed E-state index contributed by atoms with van der Waals surface area (Å²) >= 11 is 0. The van der Waals surface area contributed by atoms with E-state index in [9.17, 15) is 4.79 Å². The number of hydrogen-bond donors (Lipinski definition) is 1. The van der Waals surface area contributed by atoms with E-state index in [0.29, 0.717) is 18.9 Å². The highest BCUT2D eigenvalue weighted by Crippen LogP contribution is 2.09. The second kappa shape index (κ2) is 6.75. The zero-order valence-electron chi connectivity index (χ0n) is 11.7. The van der Waals surface area contributed by atoms with Crippen molar-refractivity contribution in [3.05, 3.63) is 53.2 Å². The van der Waals surface area contributed by atoms with Gasteiger partial charge in [-0.05, 0) is 12.5 Å². The number of amides is 1. The molecule has 1 amide bonds. The molecule has 20 heavy (non-hydrogen) atoms. The summed E-state index contributed by atoms with van der Waals surface area (Å²) in [5, 5.41) is 2.69. The third-order valence-electron chi connectivity index (χ3n) is 2.83. The number of alkyl carbamates (subject to hydrolysis) is 1. The number of rotatable bonds is 5. The van der Waals surface area contributed by atoms with Crippen LogP contribution in [-0.2, 0) is 17.8 Å². The third kappa shape index (κ3) is 4.12. The molecule has 5 nitrogen and oxygen atoms in total. The zero-order valence-corrected chi connectivity index (χ0v) is 11.7. The van der Waals surface area contributed by atoms with Crippen LogP contribution in [0.15, 0.2) is 34.7 Å². The van der Waals surface area contributed by atoms with E-state index in [0.717, 1.165) is 17.0 Å². The largest absolute Gasteiger partial charge is 0.446 e. The maximum absolute atomic E-state index is 11.5. The van der Waals surface area contributed by atoms with Crippen molar-refractivity contribution in [3.8, 4) is 0 Å². The van der Waals surface area contributed by atoms with Gasteiger partial charge in [-0.2, -0.15) is 0 Å². The van der Waals surface area contributed by atoms with Gasteiger partial charge in [0.1, 0.15) is 12.4 Å². The van der Waals surface area contributed by atoms with Gasteiger partial charge in [0.2, 0.25) is 0 Å². The Labute approximate surface area is 118 Å². The summed E-state index contributed by atoms with van der Waals surface area (Å²) in [5.74, 6) is 1.44. The number of nitrogens with zero attached hydrogens (tertiary/aromatic N) is 1. The van der Waals surface area contributed by atoms with E-state index in [1.54, 1.807) is 6.92 Å². The molecule has 0 unspecified atom stereocenters. The molecule has 0 fully saturated rings. The van der Waals surface area contributed by atoms with E-state index < -0.39 is 6.09 Å². The van der Waals surface area contributed by atoms with Gasteiger partial charge in [-0.3, -0.25) is 0 Å². The van der Waals surface area contributed by atoms with Crippen LogP contribution in [0.5, 0.6) is 0 Å². The molecule has 1 heterocycles. The standard InChI is InChI=1S/C15H18N2O3/c1-11-14(20-12(2)17-11)8-9-16-15(18)19-10-13-6-4-3-5-7-13/h3-7H,8-10H2,1-2H3,(H,16,18). The number of ether oxygens (including phenoxy) is 1. The Kier molecular flexibility index (Phi) is 4.76. The summed E-state index contributed by atoms with van der Waals surface area (Å²) in [6.45, 7) is 4.42. The molecule has 2 rings (SSSR count). The summed E-state index contributed by atoms with van der Waals surface area (Å²) in [5.41, 5.74) is 1.83. The molecule has 0 saturated carbocycles. The van der Waals surface area contributed by atoms with Crippen molar-refractivity contribution in [1.29, 1.82) is 0 Å². The molecule has 0 atom stereocenters. The average molecular weight is 274 g/mol. The van der Waals surface area contributed by atoms with E-state index in [1.807, 2.05) is 37.3 Å². The fourth-order valence-electron chi connectivity index (χ4n) is 1.86. The second-order valence-electron chi connectivity index (χ2n) is 4.48. The monoisotopic (exact) mass is 274 g/mol. The number of oxazole rings is 1. The lowest BCUT2D eigenvalue weighted by Gasteiger charge is -2.06. The number of aryl methyl sites for hydroxylation is 2. The smallest absolute Gasteiger partial charge is 0.407 e. The maximum Gasteiger partial charge on any atom is 0.407 e. The predicted molar refractivity (Wildman–Crippen MR) is 74.3 cm³/mol. The first-order valence-electron chi connectivity index (χ1n) is 6.52. The van der Waals surface area contributed by atoms with Crippen LogP contribution in [0.4, 0.5) is 4.79 Å². The number of hydrogen-bond acceptors (Lipinski definition) is 4. The first-order valence-corrected chi connectivity index (χ1v) is 6.52. The molecule has 106 valence electrons. The van der Waals surface area contributed by atoms with Gasteiger partial charge in [-0.1, -0.05) is 30.3 Å². The van der Waals surface area contributed by atoms with Crippen molar-refractivity contribution in [2.75, 3.05) is 6.54 Å². The number of benzene rings is 1. The molecule has 0 aliphatic carbocycles. The van der Waals surface area contributed by atoms with Crippen LogP contribution < -0.4 is 5.32 Å². The Hall–Kier alpha value is -2.30. The van der Waals surface area contributed by atoms with E-state index in [1.165, 1.54) is 0 Å². The summed E-state index contributed by atoms with van der Waals surface area (Å²) in [6, 6.07) is 9.56. The minimum Gasteiger partial charge on any atom is -0.446 e. The first-order chi connectivity index (χ1) is 9.65. The topological polar surface area (TPSA) is 64.4 Å². The minimum absolute atomic E-state index is 0.271. The fraction of sp³-hybridized carbons (Fsp3) is 0.333. The van der Waals surface area contributed by atoms with Gasteiger partial charge in [0.05, 0.1) is 5.69 Å². The van der Waals surface area contributed by atoms with E-state index in [-0.39, 0.29) is 6.61 Å². The minimum atomic E-state index is -0.428. The SMILES string of the molecule is Cc1nc(C)c(CCNC(=O)OCc2ccccc2)o1. The van der Waals surface area contributed by atoms with Crippen LogP contribution >= 0.6 is 0 Å². The summed E-state index contributed by atoms with van der Waals surface area (Å²) in [7, 11) is 0. The van der Waals surface area contributed by atoms with Crippen molar-refractivity contribution in [1.82, 2.24) is 10.3 Å². The molecule has 1 aromatic carbocycles. The first kappa shape index (κ1) is 14.1. The lowest BCUT2D eigenvalue weighted by Crippen LogP contribution is -2.26. The number of nitrogens with one attached hydrogen (secondary N) is 1. The molecule has 0 aliphatic heterocycles. The predicted octanol–water partition coefficient (Wildman–Crippen LogP) is 2.76. The number of carbonyl (C=O) groups excluding carboxylic acids is 1. The van der Waals surface area contributed by atoms with Crippen molar-refractivity contribution in [3.63, 3.8) is 0 Å². The van der Waals surface area contributed by atoms with Gasteiger partial charge in [0.15, 0.2) is 5.89 Å². The Morgan fingerprint density at radius 2 is 2.05 bits per heavy atom. The van der Waals surface area contributed by atoms with Crippen LogP contribution in [0.25, 0.3) is 0 Å². The highest BCUT2D eigenvalue weighted by atomic mass is 16.5. The van der Waals surface area contributed by atoms with Crippen LogP contribution in [-0.4, -0.2) is 17.6 Å². The molecule has 0 spiro atoms. The third-order valence-corrected chi connectivity index (χ3v) is 2.83. The van der Waals surface area contributed by atoms with Crippen LogP contribution in [0.2, 0.25) is 0 Å². The van der Waals surface area contributed by atoms with Gasteiger partial charge in [0.25, 0.3) is 0 Å². The van der Waals surface area contributed by atoms with Gasteiger partial charge in [0, 0.05) is 19.9 Å². The molecule has 1 aromatic heterocycles. The van der Waals surface area contributed by atoms with Crippen molar-refractivity contribution in [2.24, 2.45) is 0 Å². The van der Waals surface area contributed by atoms with E-state index >= 15 is 0 Å². The second-order valence-corrected chi connectivity index (χ2v) is 4.48. The van der Waals surface area contributed by atoms with Gasteiger partial charge in [-0.15, -0.1) is 0 Å². The molecule has 2 aromatic rings. The fourth-order valence-corrected chi connectivity index (χ4v) is 1.86. The molecule has 0 bridgehead atoms. The molecular formula is C15H18N2O3. The molecule has 0 saturated heterocycles. The highest BCUT2D eigenvalue weighted by molar-refractivity contribution is 5.67. The van der Waals surface area contributed by atoms with Crippen molar-refractivity contribution >= 4 is 6.09 Å². The van der Waals surface area contributed by atoms with Gasteiger partial charge in [-0.25, -0.2) is 9.78 Å².